The molecule has 2 bridgehead atoms. The van der Waals surface area contributed by atoms with Crippen LogP contribution in [0, 0.1) is 16.7 Å². The van der Waals surface area contributed by atoms with E-state index in [4.69, 9.17) is 0 Å². The van der Waals surface area contributed by atoms with E-state index in [1.165, 1.54) is 4.31 Å². The summed E-state index contributed by atoms with van der Waals surface area (Å²) in [5.74, 6) is -0.0932. The Balaban J connectivity index is 1.55. The second-order valence-corrected chi connectivity index (χ2v) is 13.6. The first-order valence-corrected chi connectivity index (χ1v) is 14.9. The third-order valence-electron chi connectivity index (χ3n) is 8.24. The van der Waals surface area contributed by atoms with Crippen LogP contribution in [0.4, 0.5) is 0 Å². The lowest BCUT2D eigenvalue weighted by Crippen LogP contribution is -2.49. The molecular weight excluding hydrogens is 480 g/mol. The molecule has 1 amide bonds. The summed E-state index contributed by atoms with van der Waals surface area (Å²) in [6.45, 7) is 6.90. The number of rotatable bonds is 11. The number of carbonyl (C=O) groups excluding carboxylic acids is 2. The molecule has 0 N–H and O–H groups in total. The summed E-state index contributed by atoms with van der Waals surface area (Å²) in [7, 11) is -3.81. The monoisotopic (exact) mass is 516 g/mol. The molecule has 2 aromatic rings. The second-order valence-electron chi connectivity index (χ2n) is 10.6. The van der Waals surface area contributed by atoms with Crippen LogP contribution < -0.4 is 0 Å². The predicted octanol–water partition coefficient (Wildman–Crippen LogP) is 4.71. The van der Waals surface area contributed by atoms with E-state index in [-0.39, 0.29) is 41.9 Å². The van der Waals surface area contributed by atoms with E-state index in [0.717, 1.165) is 16.9 Å². The molecule has 6 nitrogen and oxygen atoms in total. The van der Waals surface area contributed by atoms with Gasteiger partial charge in [-0.2, -0.15) is 4.31 Å². The average molecular weight is 517 g/mol. The number of amides is 1. The highest BCUT2D eigenvalue weighted by molar-refractivity contribution is 7.89. The molecule has 4 rings (SSSR count). The van der Waals surface area contributed by atoms with Crippen molar-refractivity contribution >= 4 is 33.1 Å². The standard InChI is InChI=1S/C27H36N2O4S2/c1-4-14-29(35(32,33)20-27-13-12-22(16-24(27)30)26(27,2)3)19-25(31)28(18-23-11-8-15-34-23)17-21-9-6-5-7-10-21/h5-11,15,22H,4,12-14,16-20H2,1-3H3. The maximum atomic E-state index is 13.7. The smallest absolute Gasteiger partial charge is 0.238 e. The Hall–Kier alpha value is -2.03. The topological polar surface area (TPSA) is 74.8 Å². The molecule has 2 aliphatic carbocycles. The van der Waals surface area contributed by atoms with E-state index in [9.17, 15) is 18.0 Å². The van der Waals surface area contributed by atoms with Crippen molar-refractivity contribution in [3.8, 4) is 0 Å². The maximum Gasteiger partial charge on any atom is 0.238 e. The number of benzene rings is 1. The summed E-state index contributed by atoms with van der Waals surface area (Å²) in [5, 5.41) is 1.98. The lowest BCUT2D eigenvalue weighted by atomic mass is 9.70. The average Bonchev–Trinajstić information content (AvgIpc) is 3.45. The zero-order valence-corrected chi connectivity index (χ0v) is 22.5. The maximum absolute atomic E-state index is 13.7. The van der Waals surface area contributed by atoms with Gasteiger partial charge in [0.2, 0.25) is 15.9 Å². The van der Waals surface area contributed by atoms with Gasteiger partial charge in [0, 0.05) is 29.8 Å². The van der Waals surface area contributed by atoms with Gasteiger partial charge in [0.1, 0.15) is 5.78 Å². The number of fused-ring (bicyclic) bond motifs is 2. The Morgan fingerprint density at radius 3 is 2.43 bits per heavy atom. The molecule has 2 aliphatic rings. The lowest BCUT2D eigenvalue weighted by molar-refractivity contribution is -0.132. The van der Waals surface area contributed by atoms with Gasteiger partial charge in [0.05, 0.1) is 18.8 Å². The van der Waals surface area contributed by atoms with Gasteiger partial charge < -0.3 is 4.90 Å². The Kier molecular flexibility index (Phi) is 7.55. The number of hydrogen-bond acceptors (Lipinski definition) is 5. The minimum Gasteiger partial charge on any atom is -0.332 e. The normalized spacial score (nSPS) is 23.2. The number of ketones is 1. The molecule has 0 aliphatic heterocycles. The minimum absolute atomic E-state index is 0.0773. The molecule has 2 saturated carbocycles. The van der Waals surface area contributed by atoms with Crippen LogP contribution in [0.15, 0.2) is 47.8 Å². The molecule has 0 spiro atoms. The molecular formula is C27H36N2O4S2. The first-order chi connectivity index (χ1) is 16.6. The highest BCUT2D eigenvalue weighted by atomic mass is 32.2. The summed E-state index contributed by atoms with van der Waals surface area (Å²) >= 11 is 1.58. The molecule has 190 valence electrons. The van der Waals surface area contributed by atoms with E-state index in [0.29, 0.717) is 32.4 Å². The highest BCUT2D eigenvalue weighted by Crippen LogP contribution is 2.64. The van der Waals surface area contributed by atoms with Gasteiger partial charge >= 0.3 is 0 Å². The lowest BCUT2D eigenvalue weighted by Gasteiger charge is -2.37. The molecule has 2 unspecified atom stereocenters. The van der Waals surface area contributed by atoms with E-state index >= 15 is 0 Å². The SMILES string of the molecule is CCCN(CC(=O)N(Cc1ccccc1)Cc1cccs1)S(=O)(=O)CC12CCC(CC1=O)C2(C)C. The van der Waals surface area contributed by atoms with Crippen LogP contribution in [-0.2, 0) is 32.7 Å². The van der Waals surface area contributed by atoms with Gasteiger partial charge in [-0.05, 0) is 47.6 Å². The Labute approximate surface area is 213 Å². The molecule has 8 heteroatoms. The number of sulfonamides is 1. The number of Topliss-reactive ketones (excluding diaryl/α,β-unsaturated/α-hetero) is 1. The van der Waals surface area contributed by atoms with Crippen LogP contribution in [0.25, 0.3) is 0 Å². The van der Waals surface area contributed by atoms with E-state index in [1.54, 1.807) is 16.2 Å². The Bertz CT molecular complexity index is 1150. The molecule has 1 heterocycles. The molecule has 0 radical (unpaired) electrons. The minimum atomic E-state index is -3.81. The van der Waals surface area contributed by atoms with Crippen LogP contribution in [0.2, 0.25) is 0 Å². The van der Waals surface area contributed by atoms with E-state index in [1.807, 2.05) is 68.6 Å². The Morgan fingerprint density at radius 1 is 1.11 bits per heavy atom. The first-order valence-electron chi connectivity index (χ1n) is 12.4. The largest absolute Gasteiger partial charge is 0.332 e. The molecule has 0 saturated heterocycles. The third kappa shape index (κ3) is 5.11. The van der Waals surface area contributed by atoms with Gasteiger partial charge in [0.25, 0.3) is 0 Å². The molecule has 1 aromatic heterocycles. The van der Waals surface area contributed by atoms with Gasteiger partial charge in [-0.3, -0.25) is 9.59 Å². The number of thiophene rings is 1. The van der Waals surface area contributed by atoms with Gasteiger partial charge in [-0.15, -0.1) is 11.3 Å². The fourth-order valence-electron chi connectivity index (χ4n) is 5.95. The van der Waals surface area contributed by atoms with Crippen molar-refractivity contribution in [3.63, 3.8) is 0 Å². The number of hydrogen-bond donors (Lipinski definition) is 0. The van der Waals surface area contributed by atoms with E-state index < -0.39 is 15.4 Å². The highest BCUT2D eigenvalue weighted by Gasteiger charge is 2.65. The zero-order valence-electron chi connectivity index (χ0n) is 20.9. The van der Waals surface area contributed by atoms with Gasteiger partial charge in [-0.1, -0.05) is 57.2 Å². The van der Waals surface area contributed by atoms with Crippen LogP contribution in [0.5, 0.6) is 0 Å². The fraction of sp³-hybridized carbons (Fsp3) is 0.556. The molecule has 2 fully saturated rings. The Morgan fingerprint density at radius 2 is 1.86 bits per heavy atom. The summed E-state index contributed by atoms with van der Waals surface area (Å²) in [6.07, 6.45) is 2.59. The fourth-order valence-corrected chi connectivity index (χ4v) is 8.92. The molecule has 2 atom stereocenters. The predicted molar refractivity (Wildman–Crippen MR) is 139 cm³/mol. The molecule has 1 aromatic carbocycles. The van der Waals surface area contributed by atoms with Gasteiger partial charge in [-0.25, -0.2) is 8.42 Å². The van der Waals surface area contributed by atoms with Gasteiger partial charge in [0.15, 0.2) is 0 Å². The van der Waals surface area contributed by atoms with E-state index in [2.05, 4.69) is 0 Å². The third-order valence-corrected chi connectivity index (χ3v) is 11.1. The van der Waals surface area contributed by atoms with Crippen molar-refractivity contribution in [2.75, 3.05) is 18.8 Å². The van der Waals surface area contributed by atoms with Crippen molar-refractivity contribution in [1.82, 2.24) is 9.21 Å². The van der Waals surface area contributed by atoms with Crippen molar-refractivity contribution in [2.24, 2.45) is 16.7 Å². The second kappa shape index (κ2) is 10.1. The van der Waals surface area contributed by atoms with Crippen LogP contribution in [0.1, 0.15) is 56.9 Å². The summed E-state index contributed by atoms with van der Waals surface area (Å²) in [4.78, 5) is 29.3. The zero-order chi connectivity index (χ0) is 25.3. The van der Waals surface area contributed by atoms with Crippen molar-refractivity contribution in [1.29, 1.82) is 0 Å². The summed E-state index contributed by atoms with van der Waals surface area (Å²) in [5.41, 5.74) is -0.180. The summed E-state index contributed by atoms with van der Waals surface area (Å²) in [6, 6.07) is 13.7. The number of nitrogens with zero attached hydrogens (tertiary/aromatic N) is 2. The first kappa shape index (κ1) is 26.0. The van der Waals surface area contributed by atoms with Crippen LogP contribution in [0.3, 0.4) is 0 Å². The summed E-state index contributed by atoms with van der Waals surface area (Å²) < 4.78 is 28.8. The van der Waals surface area contributed by atoms with Crippen molar-refractivity contribution in [3.05, 3.63) is 58.3 Å². The van der Waals surface area contributed by atoms with Crippen LogP contribution in [-0.4, -0.2) is 48.2 Å². The van der Waals surface area contributed by atoms with Crippen molar-refractivity contribution in [2.45, 2.75) is 59.5 Å². The van der Waals surface area contributed by atoms with Crippen molar-refractivity contribution < 1.29 is 18.0 Å². The number of carbonyl (C=O) groups is 2. The quantitative estimate of drug-likeness (QED) is 0.433. The molecule has 35 heavy (non-hydrogen) atoms. The van der Waals surface area contributed by atoms with Crippen LogP contribution >= 0.6 is 11.3 Å².